The van der Waals surface area contributed by atoms with Gasteiger partial charge in [-0.2, -0.15) is 0 Å². The lowest BCUT2D eigenvalue weighted by molar-refractivity contribution is -0.150. The van der Waals surface area contributed by atoms with Gasteiger partial charge in [0.25, 0.3) is 0 Å². The molecule has 0 aromatic carbocycles. The summed E-state index contributed by atoms with van der Waals surface area (Å²) in [6.07, 6.45) is 58.6. The molecule has 60 heavy (non-hydrogen) atoms. The maximum absolute atomic E-state index is 13.2. The molecule has 3 N–H and O–H groups in total. The molecular formula is C54H97NO5. The van der Waals surface area contributed by atoms with Gasteiger partial charge in [-0.3, -0.25) is 9.59 Å². The monoisotopic (exact) mass is 840 g/mol. The molecule has 0 aliphatic carbocycles. The first kappa shape index (κ1) is 57.6. The molecule has 0 aliphatic rings. The van der Waals surface area contributed by atoms with Crippen molar-refractivity contribution in [3.05, 3.63) is 60.8 Å². The Kier molecular flexibility index (Phi) is 45.7. The van der Waals surface area contributed by atoms with Gasteiger partial charge >= 0.3 is 5.97 Å². The number of nitrogens with one attached hydrogen (secondary N) is 1. The molecule has 0 saturated carbocycles. The van der Waals surface area contributed by atoms with Gasteiger partial charge in [-0.1, -0.05) is 216 Å². The van der Waals surface area contributed by atoms with Crippen LogP contribution in [0.1, 0.15) is 245 Å². The zero-order valence-corrected chi connectivity index (χ0v) is 39.6. The average Bonchev–Trinajstić information content (AvgIpc) is 3.24. The van der Waals surface area contributed by atoms with Crippen LogP contribution in [0.2, 0.25) is 0 Å². The zero-order chi connectivity index (χ0) is 43.8. The van der Waals surface area contributed by atoms with Crippen LogP contribution in [0.15, 0.2) is 60.8 Å². The molecule has 0 aromatic rings. The van der Waals surface area contributed by atoms with E-state index >= 15 is 0 Å². The summed E-state index contributed by atoms with van der Waals surface area (Å²) < 4.78 is 5.86. The van der Waals surface area contributed by atoms with Crippen LogP contribution in [-0.2, 0) is 14.3 Å². The third-order valence-electron chi connectivity index (χ3n) is 11.3. The molecule has 0 aromatic heterocycles. The Morgan fingerprint density at radius 2 is 0.883 bits per heavy atom. The Morgan fingerprint density at radius 3 is 1.40 bits per heavy atom. The van der Waals surface area contributed by atoms with Crippen LogP contribution in [0, 0.1) is 0 Å². The molecule has 0 heterocycles. The van der Waals surface area contributed by atoms with Gasteiger partial charge in [0, 0.05) is 12.8 Å². The van der Waals surface area contributed by atoms with Gasteiger partial charge in [-0.15, -0.1) is 0 Å². The number of aliphatic hydroxyl groups is 2. The van der Waals surface area contributed by atoms with Crippen molar-refractivity contribution in [1.29, 1.82) is 0 Å². The maximum Gasteiger partial charge on any atom is 0.306 e. The van der Waals surface area contributed by atoms with Gasteiger partial charge in [0.05, 0.1) is 25.2 Å². The van der Waals surface area contributed by atoms with Crippen molar-refractivity contribution in [3.63, 3.8) is 0 Å². The number of ether oxygens (including phenoxy) is 1. The van der Waals surface area contributed by atoms with Crippen LogP contribution in [0.3, 0.4) is 0 Å². The first-order chi connectivity index (χ1) is 29.5. The lowest BCUT2D eigenvalue weighted by Gasteiger charge is -2.24. The van der Waals surface area contributed by atoms with Gasteiger partial charge in [0.15, 0.2) is 0 Å². The van der Waals surface area contributed by atoms with Gasteiger partial charge in [0.2, 0.25) is 5.91 Å². The Balaban J connectivity index is 4.73. The molecule has 0 rings (SSSR count). The number of rotatable bonds is 45. The molecule has 0 radical (unpaired) electrons. The van der Waals surface area contributed by atoms with Crippen molar-refractivity contribution in [1.82, 2.24) is 5.32 Å². The fraction of sp³-hybridized carbons (Fsp3) is 0.778. The van der Waals surface area contributed by atoms with Crippen molar-refractivity contribution in [3.8, 4) is 0 Å². The number of carbonyl (C=O) groups excluding carboxylic acids is 2. The minimum absolute atomic E-state index is 0.000521. The minimum Gasteiger partial charge on any atom is -0.461 e. The molecule has 348 valence electrons. The second kappa shape index (κ2) is 47.6. The SMILES string of the molecule is CCCCC/C=C\C/C=C\C/C=C\C/C=C\CC(CC(=O)NC(CO)C(O)CCCCCCCCCCCCC)OC(=O)CCCCCCCCC/C=C\CCCCCC. The molecule has 0 bridgehead atoms. The van der Waals surface area contributed by atoms with Crippen LogP contribution >= 0.6 is 0 Å². The van der Waals surface area contributed by atoms with E-state index in [1.54, 1.807) is 0 Å². The summed E-state index contributed by atoms with van der Waals surface area (Å²) >= 11 is 0. The lowest BCUT2D eigenvalue weighted by atomic mass is 10.0. The summed E-state index contributed by atoms with van der Waals surface area (Å²) in [5.74, 6) is -0.580. The number of carbonyl (C=O) groups is 2. The quantitative estimate of drug-likeness (QED) is 0.0322. The van der Waals surface area contributed by atoms with E-state index in [0.717, 1.165) is 57.8 Å². The molecule has 0 saturated heterocycles. The Morgan fingerprint density at radius 1 is 0.500 bits per heavy atom. The molecule has 6 heteroatoms. The number of esters is 1. The van der Waals surface area contributed by atoms with Crippen molar-refractivity contribution in [2.75, 3.05) is 6.61 Å². The Bertz CT molecular complexity index is 1080. The standard InChI is InChI=1S/C54H97NO5/c1-4-7-10-13-16-19-22-24-26-28-31-33-36-39-42-45-50(60-54(59)47-44-41-38-35-32-29-27-25-23-20-17-14-11-8-5-2)48-53(58)55-51(49-56)52(57)46-43-40-37-34-30-21-18-15-12-9-6-3/h16,19-20,23-24,26,31,33,39,42,50-52,56-57H,4-15,17-18,21-22,25,27-30,32,34-38,40-41,43-49H2,1-3H3,(H,55,58)/b19-16-,23-20-,26-24-,33-31-,42-39-. The van der Waals surface area contributed by atoms with E-state index in [4.69, 9.17) is 4.74 Å². The highest BCUT2D eigenvalue weighted by atomic mass is 16.5. The van der Waals surface area contributed by atoms with Gasteiger partial charge < -0.3 is 20.3 Å². The van der Waals surface area contributed by atoms with Crippen molar-refractivity contribution in [2.24, 2.45) is 0 Å². The van der Waals surface area contributed by atoms with Crippen LogP contribution in [-0.4, -0.2) is 46.9 Å². The largest absolute Gasteiger partial charge is 0.461 e. The van der Waals surface area contributed by atoms with Crippen LogP contribution in [0.25, 0.3) is 0 Å². The van der Waals surface area contributed by atoms with E-state index in [1.165, 1.54) is 141 Å². The molecule has 0 fully saturated rings. The third-order valence-corrected chi connectivity index (χ3v) is 11.3. The Labute approximate surface area is 371 Å². The van der Waals surface area contributed by atoms with Crippen LogP contribution in [0.5, 0.6) is 0 Å². The minimum atomic E-state index is -0.811. The highest BCUT2D eigenvalue weighted by Crippen LogP contribution is 2.16. The summed E-state index contributed by atoms with van der Waals surface area (Å²) in [5, 5.41) is 23.7. The third kappa shape index (κ3) is 42.3. The van der Waals surface area contributed by atoms with Crippen LogP contribution < -0.4 is 5.32 Å². The number of hydrogen-bond donors (Lipinski definition) is 3. The number of allylic oxidation sites excluding steroid dienone is 9. The van der Waals surface area contributed by atoms with E-state index in [9.17, 15) is 19.8 Å². The highest BCUT2D eigenvalue weighted by Gasteiger charge is 2.23. The lowest BCUT2D eigenvalue weighted by Crippen LogP contribution is -2.46. The molecule has 6 nitrogen and oxygen atoms in total. The number of amides is 1. The number of hydrogen-bond acceptors (Lipinski definition) is 5. The molecule has 0 aliphatic heterocycles. The molecule has 0 spiro atoms. The maximum atomic E-state index is 13.2. The van der Waals surface area contributed by atoms with Crippen molar-refractivity contribution < 1.29 is 24.5 Å². The molecule has 3 unspecified atom stereocenters. The fourth-order valence-electron chi connectivity index (χ4n) is 7.40. The van der Waals surface area contributed by atoms with Gasteiger partial charge in [0.1, 0.15) is 6.10 Å². The van der Waals surface area contributed by atoms with E-state index in [1.807, 2.05) is 6.08 Å². The van der Waals surface area contributed by atoms with E-state index in [2.05, 4.69) is 80.8 Å². The van der Waals surface area contributed by atoms with Gasteiger partial charge in [-0.25, -0.2) is 0 Å². The normalized spacial score (nSPS) is 13.8. The topological polar surface area (TPSA) is 95.9 Å². The summed E-state index contributed by atoms with van der Waals surface area (Å²) in [7, 11) is 0. The van der Waals surface area contributed by atoms with E-state index in [0.29, 0.717) is 19.3 Å². The first-order valence-corrected chi connectivity index (χ1v) is 25.5. The fourth-order valence-corrected chi connectivity index (χ4v) is 7.40. The molecule has 3 atom stereocenters. The average molecular weight is 840 g/mol. The van der Waals surface area contributed by atoms with Crippen molar-refractivity contribution >= 4 is 11.9 Å². The summed E-state index contributed by atoms with van der Waals surface area (Å²) in [5.41, 5.74) is 0. The molecular weight excluding hydrogens is 743 g/mol. The molecule has 1 amide bonds. The van der Waals surface area contributed by atoms with Gasteiger partial charge in [-0.05, 0) is 70.6 Å². The van der Waals surface area contributed by atoms with Crippen LogP contribution in [0.4, 0.5) is 0 Å². The van der Waals surface area contributed by atoms with Crippen molar-refractivity contribution in [2.45, 2.75) is 264 Å². The highest BCUT2D eigenvalue weighted by molar-refractivity contribution is 5.77. The summed E-state index contributed by atoms with van der Waals surface area (Å²) in [6, 6.07) is -0.731. The second-order valence-corrected chi connectivity index (χ2v) is 17.2. The predicted molar refractivity (Wildman–Crippen MR) is 259 cm³/mol. The summed E-state index contributed by atoms with van der Waals surface area (Å²) in [6.45, 7) is 6.41. The Hall–Kier alpha value is -2.44. The van der Waals surface area contributed by atoms with E-state index < -0.39 is 18.2 Å². The van der Waals surface area contributed by atoms with E-state index in [-0.39, 0.29) is 24.9 Å². The summed E-state index contributed by atoms with van der Waals surface area (Å²) in [4.78, 5) is 26.1. The first-order valence-electron chi connectivity index (χ1n) is 25.5. The number of aliphatic hydroxyl groups excluding tert-OH is 2. The predicted octanol–water partition coefficient (Wildman–Crippen LogP) is 15.2. The second-order valence-electron chi connectivity index (χ2n) is 17.2. The zero-order valence-electron chi connectivity index (χ0n) is 39.6. The smallest absolute Gasteiger partial charge is 0.306 e. The number of unbranched alkanes of at least 4 members (excludes halogenated alkanes) is 24.